The topological polar surface area (TPSA) is 105 Å². The summed E-state index contributed by atoms with van der Waals surface area (Å²) in [4.78, 5) is 25.6. The Balaban J connectivity index is 2.43. The molecule has 1 aliphatic heterocycles. The predicted octanol–water partition coefficient (Wildman–Crippen LogP) is -0.848. The smallest absolute Gasteiger partial charge is 0.328 e. The van der Waals surface area contributed by atoms with Crippen LogP contribution in [0, 0.1) is 5.92 Å². The summed E-state index contributed by atoms with van der Waals surface area (Å²) < 4.78 is 6.79. The molecule has 3 N–H and O–H groups in total. The van der Waals surface area contributed by atoms with E-state index in [1.165, 1.54) is 16.8 Å². The van der Waals surface area contributed by atoms with Crippen molar-refractivity contribution in [1.29, 1.82) is 0 Å². The second-order valence-corrected chi connectivity index (χ2v) is 4.91. The van der Waals surface area contributed by atoms with Gasteiger partial charge in [-0.2, -0.15) is 0 Å². The molecule has 0 unspecified atom stereocenters. The van der Waals surface area contributed by atoms with E-state index in [0.717, 1.165) is 0 Å². The van der Waals surface area contributed by atoms with Gasteiger partial charge in [-0.25, -0.2) is 4.79 Å². The van der Waals surface area contributed by atoms with Crippen LogP contribution in [0.2, 0.25) is 0 Å². The van der Waals surface area contributed by atoms with Crippen molar-refractivity contribution in [1.82, 2.24) is 9.55 Å². The minimum Gasteiger partial charge on any atom is -0.394 e. The average molecular weight is 282 g/mol. The first-order valence-electron chi connectivity index (χ1n) is 6.38. The van der Waals surface area contributed by atoms with Gasteiger partial charge in [0.15, 0.2) is 0 Å². The van der Waals surface area contributed by atoms with Crippen molar-refractivity contribution in [3.63, 3.8) is 0 Å². The Morgan fingerprint density at radius 3 is 2.80 bits per heavy atom. The van der Waals surface area contributed by atoms with Gasteiger partial charge in [-0.15, -0.1) is 6.58 Å². The van der Waals surface area contributed by atoms with Gasteiger partial charge in [0.05, 0.1) is 24.4 Å². The Kier molecular flexibility index (Phi) is 4.22. The van der Waals surface area contributed by atoms with Gasteiger partial charge in [0.25, 0.3) is 5.56 Å². The standard InChI is InChI=1S/C13H18N2O5/c1-3-4-15-5-8(12(18)14-13(15)19)11-10(17)7(2)9(6-16)20-11/h3,5,7,9-11,16-17H,1,4,6H2,2H3,(H,14,18,19)/t7-,9+,10-,11-/m0/s1. The lowest BCUT2D eigenvalue weighted by molar-refractivity contribution is -0.0134. The molecule has 4 atom stereocenters. The van der Waals surface area contributed by atoms with Crippen molar-refractivity contribution in [2.75, 3.05) is 6.61 Å². The molecule has 0 spiro atoms. The number of ether oxygens (including phenoxy) is 1. The number of aromatic amines is 1. The number of hydrogen-bond donors (Lipinski definition) is 3. The molecular weight excluding hydrogens is 264 g/mol. The molecule has 20 heavy (non-hydrogen) atoms. The van der Waals surface area contributed by atoms with Crippen LogP contribution in [-0.4, -0.2) is 38.6 Å². The van der Waals surface area contributed by atoms with Gasteiger partial charge in [0.1, 0.15) is 6.10 Å². The first-order valence-corrected chi connectivity index (χ1v) is 6.38. The highest BCUT2D eigenvalue weighted by molar-refractivity contribution is 5.14. The van der Waals surface area contributed by atoms with Crippen LogP contribution in [0.15, 0.2) is 28.4 Å². The normalized spacial score (nSPS) is 29.6. The van der Waals surface area contributed by atoms with E-state index in [2.05, 4.69) is 11.6 Å². The van der Waals surface area contributed by atoms with Crippen LogP contribution in [0.4, 0.5) is 0 Å². The molecular formula is C13H18N2O5. The summed E-state index contributed by atoms with van der Waals surface area (Å²) in [6.45, 7) is 5.27. The van der Waals surface area contributed by atoms with E-state index in [4.69, 9.17) is 4.74 Å². The van der Waals surface area contributed by atoms with Crippen LogP contribution < -0.4 is 11.2 Å². The highest BCUT2D eigenvalue weighted by Gasteiger charge is 2.42. The van der Waals surface area contributed by atoms with Crippen molar-refractivity contribution in [2.45, 2.75) is 31.8 Å². The number of aliphatic hydroxyl groups is 2. The first-order chi connectivity index (χ1) is 9.49. The molecule has 2 heterocycles. The lowest BCUT2D eigenvalue weighted by Gasteiger charge is -2.15. The van der Waals surface area contributed by atoms with Crippen molar-refractivity contribution < 1.29 is 14.9 Å². The van der Waals surface area contributed by atoms with Crippen molar-refractivity contribution in [3.8, 4) is 0 Å². The Bertz CT molecular complexity index is 606. The molecule has 1 aromatic heterocycles. The Labute approximate surface area is 115 Å². The minimum absolute atomic E-state index is 0.168. The van der Waals surface area contributed by atoms with E-state index in [1.54, 1.807) is 6.92 Å². The van der Waals surface area contributed by atoms with Gasteiger partial charge in [-0.05, 0) is 0 Å². The summed E-state index contributed by atoms with van der Waals surface area (Å²) in [6, 6.07) is 0. The summed E-state index contributed by atoms with van der Waals surface area (Å²) in [5.74, 6) is -0.302. The molecule has 0 saturated carbocycles. The van der Waals surface area contributed by atoms with Gasteiger partial charge < -0.3 is 14.9 Å². The zero-order chi connectivity index (χ0) is 14.9. The monoisotopic (exact) mass is 282 g/mol. The SMILES string of the molecule is C=CCn1cc([C@@H]2O[C@H](CO)[C@H](C)[C@@H]2O)c(=O)[nH]c1=O. The van der Waals surface area contributed by atoms with Gasteiger partial charge in [0, 0.05) is 18.7 Å². The number of aromatic nitrogens is 2. The number of nitrogens with one attached hydrogen (secondary N) is 1. The summed E-state index contributed by atoms with van der Waals surface area (Å²) in [6.07, 6.45) is 0.581. The highest BCUT2D eigenvalue weighted by atomic mass is 16.5. The second-order valence-electron chi connectivity index (χ2n) is 4.91. The Morgan fingerprint density at radius 1 is 1.55 bits per heavy atom. The molecule has 2 rings (SSSR count). The molecule has 1 aromatic rings. The molecule has 7 heteroatoms. The van der Waals surface area contributed by atoms with E-state index < -0.39 is 29.6 Å². The van der Waals surface area contributed by atoms with Crippen LogP contribution in [0.5, 0.6) is 0 Å². The molecule has 0 bridgehead atoms. The van der Waals surface area contributed by atoms with Gasteiger partial charge >= 0.3 is 5.69 Å². The fourth-order valence-corrected chi connectivity index (χ4v) is 2.36. The quantitative estimate of drug-likeness (QED) is 0.624. The van der Waals surface area contributed by atoms with Crippen LogP contribution in [0.25, 0.3) is 0 Å². The first kappa shape index (κ1) is 14.7. The minimum atomic E-state index is -0.914. The summed E-state index contributed by atoms with van der Waals surface area (Å²) in [5, 5.41) is 19.3. The molecule has 0 amide bonds. The predicted molar refractivity (Wildman–Crippen MR) is 71.4 cm³/mol. The van der Waals surface area contributed by atoms with E-state index in [-0.39, 0.29) is 24.6 Å². The molecule has 0 aromatic carbocycles. The number of nitrogens with zero attached hydrogens (tertiary/aromatic N) is 1. The summed E-state index contributed by atoms with van der Waals surface area (Å²) >= 11 is 0. The largest absolute Gasteiger partial charge is 0.394 e. The third-order valence-corrected chi connectivity index (χ3v) is 3.61. The number of aliphatic hydroxyl groups excluding tert-OH is 2. The molecule has 1 fully saturated rings. The maximum absolute atomic E-state index is 11.9. The average Bonchev–Trinajstić information content (AvgIpc) is 2.70. The molecule has 7 nitrogen and oxygen atoms in total. The molecule has 1 aliphatic rings. The number of rotatable bonds is 4. The van der Waals surface area contributed by atoms with Gasteiger partial charge in [-0.1, -0.05) is 13.0 Å². The third-order valence-electron chi connectivity index (χ3n) is 3.61. The summed E-state index contributed by atoms with van der Waals surface area (Å²) in [5.41, 5.74) is -0.968. The highest BCUT2D eigenvalue weighted by Crippen LogP contribution is 2.35. The number of allylic oxidation sites excluding steroid dienone is 1. The zero-order valence-electron chi connectivity index (χ0n) is 11.2. The van der Waals surface area contributed by atoms with E-state index in [1.807, 2.05) is 0 Å². The molecule has 0 radical (unpaired) electrons. The lowest BCUT2D eigenvalue weighted by atomic mass is 9.96. The number of H-pyrrole nitrogens is 1. The van der Waals surface area contributed by atoms with Crippen LogP contribution in [0.1, 0.15) is 18.6 Å². The maximum Gasteiger partial charge on any atom is 0.328 e. The fourth-order valence-electron chi connectivity index (χ4n) is 2.36. The van der Waals surface area contributed by atoms with Crippen molar-refractivity contribution >= 4 is 0 Å². The Morgan fingerprint density at radius 2 is 2.25 bits per heavy atom. The number of hydrogen-bond acceptors (Lipinski definition) is 5. The second kappa shape index (κ2) is 5.74. The molecule has 0 aliphatic carbocycles. The van der Waals surface area contributed by atoms with Crippen molar-refractivity contribution in [3.05, 3.63) is 45.3 Å². The van der Waals surface area contributed by atoms with Crippen LogP contribution in [-0.2, 0) is 11.3 Å². The van der Waals surface area contributed by atoms with Gasteiger partial charge in [-0.3, -0.25) is 14.3 Å². The van der Waals surface area contributed by atoms with Gasteiger partial charge in [0.2, 0.25) is 0 Å². The van der Waals surface area contributed by atoms with E-state index in [9.17, 15) is 19.8 Å². The fraction of sp³-hybridized carbons (Fsp3) is 0.538. The third kappa shape index (κ3) is 2.47. The maximum atomic E-state index is 11.9. The Hall–Kier alpha value is -1.70. The zero-order valence-corrected chi connectivity index (χ0v) is 11.2. The van der Waals surface area contributed by atoms with Crippen LogP contribution >= 0.6 is 0 Å². The lowest BCUT2D eigenvalue weighted by Crippen LogP contribution is -2.34. The van der Waals surface area contributed by atoms with Crippen molar-refractivity contribution in [2.24, 2.45) is 5.92 Å². The van der Waals surface area contributed by atoms with E-state index in [0.29, 0.717) is 0 Å². The van der Waals surface area contributed by atoms with Crippen LogP contribution in [0.3, 0.4) is 0 Å². The molecule has 110 valence electrons. The van der Waals surface area contributed by atoms with E-state index >= 15 is 0 Å². The molecule has 1 saturated heterocycles. The summed E-state index contributed by atoms with van der Waals surface area (Å²) in [7, 11) is 0.